The summed E-state index contributed by atoms with van der Waals surface area (Å²) in [5, 5.41) is 4.86. The third-order valence-electron chi connectivity index (χ3n) is 4.21. The van der Waals surface area contributed by atoms with Crippen molar-refractivity contribution in [1.82, 2.24) is 10.3 Å². The molecule has 0 aliphatic heterocycles. The van der Waals surface area contributed by atoms with Gasteiger partial charge in [-0.05, 0) is 24.1 Å². The zero-order valence-corrected chi connectivity index (χ0v) is 17.5. The highest BCUT2D eigenvalue weighted by Crippen LogP contribution is 2.27. The van der Waals surface area contributed by atoms with Gasteiger partial charge in [0.1, 0.15) is 4.90 Å². The highest BCUT2D eigenvalue weighted by molar-refractivity contribution is 7.91. The lowest BCUT2D eigenvalue weighted by atomic mass is 10.1. The fraction of sp³-hybridized carbons (Fsp3) is 0.263. The van der Waals surface area contributed by atoms with Crippen molar-refractivity contribution in [2.75, 3.05) is 5.75 Å². The van der Waals surface area contributed by atoms with Gasteiger partial charge in [-0.2, -0.15) is 0 Å². The largest absolute Gasteiger partial charge is 0.359 e. The quantitative estimate of drug-likeness (QED) is 0.591. The molecule has 1 aromatic carbocycles. The van der Waals surface area contributed by atoms with Crippen LogP contribution in [0.15, 0.2) is 45.5 Å². The minimum atomic E-state index is -3.44. The van der Waals surface area contributed by atoms with Crippen molar-refractivity contribution in [3.63, 3.8) is 0 Å². The summed E-state index contributed by atoms with van der Waals surface area (Å²) < 4.78 is 25.0. The van der Waals surface area contributed by atoms with Gasteiger partial charge in [0.15, 0.2) is 9.84 Å². The van der Waals surface area contributed by atoms with E-state index in [1.807, 2.05) is 12.1 Å². The second kappa shape index (κ2) is 8.46. The first kappa shape index (κ1) is 20.6. The van der Waals surface area contributed by atoms with Gasteiger partial charge in [0.2, 0.25) is 11.3 Å². The molecule has 148 valence electrons. The lowest BCUT2D eigenvalue weighted by Gasteiger charge is -2.06. The van der Waals surface area contributed by atoms with Crippen LogP contribution in [-0.2, 0) is 27.6 Å². The molecule has 1 amide bonds. The predicted molar refractivity (Wildman–Crippen MR) is 112 cm³/mol. The number of carbonyl (C=O) groups is 1. The molecule has 9 heteroatoms. The zero-order valence-electron chi connectivity index (χ0n) is 15.1. The van der Waals surface area contributed by atoms with Crippen molar-refractivity contribution in [3.05, 3.63) is 62.2 Å². The van der Waals surface area contributed by atoms with Gasteiger partial charge in [0.25, 0.3) is 0 Å². The standard InChI is InChI=1S/C19H19ClN2O4S2/c1-2-7-28(25,26)15-11-27-19-17(15)22-10-13(18(19)24)8-16(23)21-9-12-3-5-14(20)6-4-12/h3-6,10-11H,2,7-9H2,1H3,(H,21,23)(H,22,24). The summed E-state index contributed by atoms with van der Waals surface area (Å²) in [5.41, 5.74) is 1.18. The topological polar surface area (TPSA) is 96.1 Å². The number of halogens is 1. The molecule has 0 aliphatic rings. The molecular formula is C19H19ClN2O4S2. The van der Waals surface area contributed by atoms with Crippen LogP contribution in [0.2, 0.25) is 5.02 Å². The Morgan fingerprint density at radius 1 is 1.25 bits per heavy atom. The number of carbonyl (C=O) groups excluding carboxylic acids is 1. The van der Waals surface area contributed by atoms with E-state index in [1.165, 1.54) is 11.6 Å². The number of amides is 1. The Hall–Kier alpha value is -2.16. The number of nitrogens with one attached hydrogen (secondary N) is 2. The fourth-order valence-corrected chi connectivity index (χ4v) is 5.81. The van der Waals surface area contributed by atoms with E-state index < -0.39 is 9.84 Å². The Morgan fingerprint density at radius 3 is 2.64 bits per heavy atom. The molecule has 0 radical (unpaired) electrons. The number of aromatic nitrogens is 1. The summed E-state index contributed by atoms with van der Waals surface area (Å²) >= 11 is 6.91. The van der Waals surface area contributed by atoms with Gasteiger partial charge in [0.05, 0.1) is 22.4 Å². The average Bonchev–Trinajstić information content (AvgIpc) is 3.09. The van der Waals surface area contributed by atoms with Gasteiger partial charge in [-0.15, -0.1) is 11.3 Å². The van der Waals surface area contributed by atoms with E-state index in [0.717, 1.165) is 16.9 Å². The Kier molecular flexibility index (Phi) is 6.22. The molecule has 0 saturated carbocycles. The second-order valence-corrected chi connectivity index (χ2v) is 9.74. The number of H-pyrrole nitrogens is 1. The highest BCUT2D eigenvalue weighted by Gasteiger charge is 2.21. The van der Waals surface area contributed by atoms with Crippen LogP contribution in [0.1, 0.15) is 24.5 Å². The molecule has 0 saturated heterocycles. The number of hydrogen-bond donors (Lipinski definition) is 2. The fourth-order valence-electron chi connectivity index (χ4n) is 2.79. The maximum Gasteiger partial charge on any atom is 0.224 e. The molecule has 0 atom stereocenters. The first-order valence-electron chi connectivity index (χ1n) is 8.67. The molecule has 0 aliphatic carbocycles. The smallest absolute Gasteiger partial charge is 0.224 e. The summed E-state index contributed by atoms with van der Waals surface area (Å²) in [7, 11) is -3.44. The van der Waals surface area contributed by atoms with Gasteiger partial charge in [-0.3, -0.25) is 9.59 Å². The van der Waals surface area contributed by atoms with Gasteiger partial charge >= 0.3 is 0 Å². The van der Waals surface area contributed by atoms with Crippen molar-refractivity contribution < 1.29 is 13.2 Å². The van der Waals surface area contributed by atoms with E-state index >= 15 is 0 Å². The number of benzene rings is 1. The number of sulfone groups is 1. The van der Waals surface area contributed by atoms with Crippen molar-refractivity contribution >= 4 is 48.9 Å². The molecule has 2 heterocycles. The first-order chi connectivity index (χ1) is 13.3. The lowest BCUT2D eigenvalue weighted by molar-refractivity contribution is -0.120. The van der Waals surface area contributed by atoms with Gasteiger partial charge in [0, 0.05) is 28.7 Å². The van der Waals surface area contributed by atoms with Crippen LogP contribution in [0.25, 0.3) is 10.2 Å². The van der Waals surface area contributed by atoms with Crippen molar-refractivity contribution in [3.8, 4) is 0 Å². The molecule has 0 spiro atoms. The number of pyridine rings is 1. The molecular weight excluding hydrogens is 420 g/mol. The van der Waals surface area contributed by atoms with E-state index in [-0.39, 0.29) is 28.4 Å². The summed E-state index contributed by atoms with van der Waals surface area (Å²) in [6.45, 7) is 2.12. The Morgan fingerprint density at radius 2 is 1.96 bits per heavy atom. The number of aromatic amines is 1. The maximum atomic E-state index is 12.7. The Labute approximate surface area is 171 Å². The third kappa shape index (κ3) is 4.45. The zero-order chi connectivity index (χ0) is 20.3. The molecule has 6 nitrogen and oxygen atoms in total. The molecule has 3 aromatic rings. The SMILES string of the molecule is CCCS(=O)(=O)c1csc2c(=O)c(CC(=O)NCc3ccc(Cl)cc3)c[nH]c12. The first-order valence-corrected chi connectivity index (χ1v) is 11.6. The maximum absolute atomic E-state index is 12.7. The minimum absolute atomic E-state index is 0.0235. The predicted octanol–water partition coefficient (Wildman–Crippen LogP) is 3.29. The van der Waals surface area contributed by atoms with Crippen LogP contribution in [-0.4, -0.2) is 25.1 Å². The van der Waals surface area contributed by atoms with Gasteiger partial charge in [-0.1, -0.05) is 30.7 Å². The van der Waals surface area contributed by atoms with Crippen molar-refractivity contribution in [2.45, 2.75) is 31.2 Å². The van der Waals surface area contributed by atoms with Gasteiger partial charge < -0.3 is 10.3 Å². The van der Waals surface area contributed by atoms with Crippen molar-refractivity contribution in [2.24, 2.45) is 0 Å². The second-order valence-electron chi connectivity index (χ2n) is 6.35. The number of hydrogen-bond acceptors (Lipinski definition) is 5. The monoisotopic (exact) mass is 438 g/mol. The van der Waals surface area contributed by atoms with Gasteiger partial charge in [-0.25, -0.2) is 8.42 Å². The van der Waals surface area contributed by atoms with E-state index in [9.17, 15) is 18.0 Å². The summed E-state index contributed by atoms with van der Waals surface area (Å²) in [5.74, 6) is -0.273. The molecule has 0 fully saturated rings. The third-order valence-corrected chi connectivity index (χ3v) is 7.53. The van der Waals surface area contributed by atoms with Crippen LogP contribution in [0.5, 0.6) is 0 Å². The van der Waals surface area contributed by atoms with E-state index in [1.54, 1.807) is 19.1 Å². The van der Waals surface area contributed by atoms with Crippen LogP contribution < -0.4 is 10.7 Å². The normalized spacial score (nSPS) is 11.6. The van der Waals surface area contributed by atoms with Crippen LogP contribution in [0.3, 0.4) is 0 Å². The average molecular weight is 439 g/mol. The van der Waals surface area contributed by atoms with Crippen LogP contribution in [0.4, 0.5) is 0 Å². The summed E-state index contributed by atoms with van der Waals surface area (Å²) in [4.78, 5) is 27.9. The van der Waals surface area contributed by atoms with Crippen LogP contribution in [0, 0.1) is 0 Å². The van der Waals surface area contributed by atoms with Crippen molar-refractivity contribution in [1.29, 1.82) is 0 Å². The number of thiophene rings is 1. The highest BCUT2D eigenvalue weighted by atomic mass is 35.5. The van der Waals surface area contributed by atoms with E-state index in [2.05, 4.69) is 10.3 Å². The Balaban J connectivity index is 1.77. The van der Waals surface area contributed by atoms with Crippen LogP contribution >= 0.6 is 22.9 Å². The molecule has 0 unspecified atom stereocenters. The number of rotatable bonds is 7. The van der Waals surface area contributed by atoms with E-state index in [0.29, 0.717) is 33.8 Å². The minimum Gasteiger partial charge on any atom is -0.359 e. The molecule has 28 heavy (non-hydrogen) atoms. The summed E-state index contributed by atoms with van der Waals surface area (Å²) in [6, 6.07) is 7.10. The molecule has 3 rings (SSSR count). The van der Waals surface area contributed by atoms with E-state index in [4.69, 9.17) is 11.6 Å². The molecule has 2 aromatic heterocycles. The summed E-state index contributed by atoms with van der Waals surface area (Å²) in [6.07, 6.45) is 1.83. The lowest BCUT2D eigenvalue weighted by Crippen LogP contribution is -2.27. The Bertz CT molecular complexity index is 1160. The molecule has 0 bridgehead atoms. The molecule has 2 N–H and O–H groups in total. The number of fused-ring (bicyclic) bond motifs is 1.